The number of aliphatic hydroxyl groups excluding tert-OH is 1. The predicted octanol–water partition coefficient (Wildman–Crippen LogP) is 5.93. The van der Waals surface area contributed by atoms with Gasteiger partial charge in [-0.15, -0.1) is 0 Å². The number of nitrogens with one attached hydrogen (secondary N) is 3. The molecule has 2 unspecified atom stereocenters. The molecule has 2 atom stereocenters. The minimum atomic E-state index is -3.58. The molecule has 3 aromatic rings. The summed E-state index contributed by atoms with van der Waals surface area (Å²) in [6.07, 6.45) is 10.3. The zero-order valence-corrected chi connectivity index (χ0v) is 35.7. The van der Waals surface area contributed by atoms with E-state index < -0.39 is 30.5 Å². The summed E-state index contributed by atoms with van der Waals surface area (Å²) in [5, 5.41) is 18.6. The lowest BCUT2D eigenvalue weighted by molar-refractivity contribution is -0.140. The summed E-state index contributed by atoms with van der Waals surface area (Å²) < 4.78 is 51.1. The van der Waals surface area contributed by atoms with Crippen LogP contribution in [0.15, 0.2) is 42.6 Å². The zero-order valence-electron chi connectivity index (χ0n) is 35.7. The molecule has 14 nitrogen and oxygen atoms in total. The Balaban J connectivity index is 0.815. The first-order chi connectivity index (χ1) is 29.8. The quantitative estimate of drug-likeness (QED) is 0.181. The van der Waals surface area contributed by atoms with Gasteiger partial charge in [-0.25, -0.2) is 9.37 Å². The number of carbonyl (C=O) groups is 3. The summed E-state index contributed by atoms with van der Waals surface area (Å²) in [5.74, 6) is -4.81. The molecule has 0 spiro atoms. The van der Waals surface area contributed by atoms with Crippen LogP contribution in [0.3, 0.4) is 0 Å². The molecular weight excluding hydrogens is 804 g/mol. The van der Waals surface area contributed by atoms with E-state index in [-0.39, 0.29) is 47.2 Å². The standard InChI is InChI=1S/C45H58F3N9O5/c1-54(25-27-18-20-56(21-19-27)36-16-9-28(22-34(36)46)33-14-17-39(58)52-42(33)60)31-12-10-30(11-13-31)50-41(59)29-8-15-35(38(23-29)62-3)51-44-49-24-37-40(53-44)57(32-6-4-5-7-32)26-45(47,48)43(61)55(37)2/h8-9,15-16,22-24,27,30-33,39,58H,4-7,10-14,17-21,25-26H2,1-3H3,(H,50,59)(H,52,60)(H,49,51,53). The molecule has 2 saturated heterocycles. The van der Waals surface area contributed by atoms with Gasteiger partial charge in [-0.1, -0.05) is 18.9 Å². The number of methoxy groups -OCH3 is 1. The van der Waals surface area contributed by atoms with Gasteiger partial charge in [0.2, 0.25) is 11.9 Å². The highest BCUT2D eigenvalue weighted by molar-refractivity contribution is 6.02. The third-order valence-electron chi connectivity index (χ3n) is 13.7. The second kappa shape index (κ2) is 18.3. The molecule has 3 amide bonds. The molecule has 4 heterocycles. The molecule has 4 N–H and O–H groups in total. The topological polar surface area (TPSA) is 156 Å². The van der Waals surface area contributed by atoms with Gasteiger partial charge < -0.3 is 45.4 Å². The van der Waals surface area contributed by atoms with Gasteiger partial charge in [-0.2, -0.15) is 13.8 Å². The van der Waals surface area contributed by atoms with Crippen molar-refractivity contribution in [2.24, 2.45) is 5.92 Å². The van der Waals surface area contributed by atoms with E-state index in [1.807, 2.05) is 6.07 Å². The first-order valence-corrected chi connectivity index (χ1v) is 22.1. The van der Waals surface area contributed by atoms with Gasteiger partial charge in [0.15, 0.2) is 5.82 Å². The number of carbonyl (C=O) groups excluding carboxylic acids is 3. The molecule has 2 aromatic carbocycles. The van der Waals surface area contributed by atoms with Gasteiger partial charge >= 0.3 is 5.92 Å². The summed E-state index contributed by atoms with van der Waals surface area (Å²) in [7, 11) is 4.99. The third kappa shape index (κ3) is 9.29. The Kier molecular flexibility index (Phi) is 12.8. The van der Waals surface area contributed by atoms with Crippen LogP contribution in [0.4, 0.5) is 42.0 Å². The average molecular weight is 862 g/mol. The first-order valence-electron chi connectivity index (χ1n) is 22.1. The smallest absolute Gasteiger partial charge is 0.342 e. The highest BCUT2D eigenvalue weighted by Crippen LogP contribution is 2.40. The molecule has 1 aromatic heterocycles. The number of alkyl halides is 2. The molecule has 2 saturated carbocycles. The van der Waals surface area contributed by atoms with Crippen LogP contribution in [0.1, 0.15) is 98.9 Å². The second-order valence-electron chi connectivity index (χ2n) is 17.8. The highest BCUT2D eigenvalue weighted by atomic mass is 19.3. The van der Waals surface area contributed by atoms with Crippen LogP contribution < -0.4 is 35.4 Å². The number of amides is 3. The normalized spacial score (nSPS) is 24.7. The predicted molar refractivity (Wildman–Crippen MR) is 230 cm³/mol. The number of hydrogen-bond donors (Lipinski definition) is 4. The maximum Gasteiger partial charge on any atom is 0.342 e. The van der Waals surface area contributed by atoms with E-state index in [0.29, 0.717) is 53.1 Å². The lowest BCUT2D eigenvalue weighted by Crippen LogP contribution is -2.48. The van der Waals surface area contributed by atoms with E-state index >= 15 is 13.2 Å². The molecule has 17 heteroatoms. The Morgan fingerprint density at radius 3 is 2.42 bits per heavy atom. The zero-order chi connectivity index (χ0) is 43.7. The van der Waals surface area contributed by atoms with Crippen LogP contribution in [0.5, 0.6) is 5.75 Å². The highest BCUT2D eigenvalue weighted by Gasteiger charge is 2.49. The molecule has 3 aliphatic heterocycles. The van der Waals surface area contributed by atoms with Crippen molar-refractivity contribution in [1.82, 2.24) is 25.5 Å². The van der Waals surface area contributed by atoms with Gasteiger partial charge in [0.25, 0.3) is 11.8 Å². The van der Waals surface area contributed by atoms with Gasteiger partial charge in [0.05, 0.1) is 37.1 Å². The van der Waals surface area contributed by atoms with Crippen molar-refractivity contribution in [3.05, 3.63) is 59.5 Å². The summed E-state index contributed by atoms with van der Waals surface area (Å²) in [5.41, 5.74) is 2.35. The number of benzene rings is 2. The summed E-state index contributed by atoms with van der Waals surface area (Å²) in [4.78, 5) is 54.6. The fourth-order valence-electron chi connectivity index (χ4n) is 10.1. The van der Waals surface area contributed by atoms with Gasteiger partial charge in [0.1, 0.15) is 23.5 Å². The summed E-state index contributed by atoms with van der Waals surface area (Å²) in [6.45, 7) is 1.73. The van der Waals surface area contributed by atoms with Crippen molar-refractivity contribution >= 4 is 46.5 Å². The monoisotopic (exact) mass is 861 g/mol. The van der Waals surface area contributed by atoms with Crippen molar-refractivity contribution < 1.29 is 37.4 Å². The van der Waals surface area contributed by atoms with Crippen molar-refractivity contribution in [2.45, 2.75) is 113 Å². The second-order valence-corrected chi connectivity index (χ2v) is 17.8. The number of hydrogen-bond acceptors (Lipinski definition) is 11. The van der Waals surface area contributed by atoms with Crippen LogP contribution in [0.25, 0.3) is 0 Å². The van der Waals surface area contributed by atoms with Crippen molar-refractivity contribution in [3.63, 3.8) is 0 Å². The number of anilines is 5. The minimum Gasteiger partial charge on any atom is -0.495 e. The van der Waals surface area contributed by atoms with Crippen LogP contribution in [-0.4, -0.2) is 115 Å². The van der Waals surface area contributed by atoms with E-state index in [2.05, 4.69) is 42.8 Å². The van der Waals surface area contributed by atoms with E-state index in [1.54, 1.807) is 29.2 Å². The Labute approximate surface area is 360 Å². The van der Waals surface area contributed by atoms with E-state index in [1.165, 1.54) is 26.4 Å². The SMILES string of the molecule is COc1cc(C(=O)NC2CCC(N(C)CC3CCN(c4ccc(C5CCC(O)NC5=O)cc4F)CC3)CC2)ccc1Nc1ncc2c(n1)N(C1CCCC1)CC(F)(F)C(=O)N2C. The lowest BCUT2D eigenvalue weighted by Gasteiger charge is -2.39. The summed E-state index contributed by atoms with van der Waals surface area (Å²) >= 11 is 0. The van der Waals surface area contributed by atoms with Gasteiger partial charge in [-0.3, -0.25) is 14.4 Å². The number of nitrogens with zero attached hydrogens (tertiary/aromatic N) is 6. The Hall–Kier alpha value is -5.16. The molecule has 0 bridgehead atoms. The fraction of sp³-hybridized carbons (Fsp3) is 0.578. The summed E-state index contributed by atoms with van der Waals surface area (Å²) in [6, 6.07) is 10.4. The Morgan fingerprint density at radius 1 is 0.984 bits per heavy atom. The molecule has 5 aliphatic rings. The number of halogens is 3. The number of rotatable bonds is 11. The van der Waals surface area contributed by atoms with Gasteiger partial charge in [-0.05, 0) is 113 Å². The van der Waals surface area contributed by atoms with E-state index in [9.17, 15) is 19.5 Å². The molecule has 334 valence electrons. The van der Waals surface area contributed by atoms with Crippen molar-refractivity contribution in [1.29, 1.82) is 0 Å². The van der Waals surface area contributed by atoms with Crippen LogP contribution in [0, 0.1) is 11.7 Å². The molecule has 2 aliphatic carbocycles. The molecule has 62 heavy (non-hydrogen) atoms. The minimum absolute atomic E-state index is 0.0349. The van der Waals surface area contributed by atoms with Crippen LogP contribution >= 0.6 is 0 Å². The third-order valence-corrected chi connectivity index (χ3v) is 13.7. The van der Waals surface area contributed by atoms with E-state index in [4.69, 9.17) is 4.74 Å². The van der Waals surface area contributed by atoms with Crippen molar-refractivity contribution in [3.8, 4) is 5.75 Å². The average Bonchev–Trinajstić information content (AvgIpc) is 3.79. The van der Waals surface area contributed by atoms with Crippen LogP contribution in [0.2, 0.25) is 0 Å². The van der Waals surface area contributed by atoms with Gasteiger partial charge in [0, 0.05) is 50.4 Å². The molecule has 4 fully saturated rings. The van der Waals surface area contributed by atoms with Crippen molar-refractivity contribution in [2.75, 3.05) is 67.4 Å². The Morgan fingerprint density at radius 2 is 1.73 bits per heavy atom. The number of piperidine rings is 2. The maximum atomic E-state index is 15.3. The number of ether oxygens (including phenoxy) is 1. The van der Waals surface area contributed by atoms with E-state index in [0.717, 1.165) is 88.7 Å². The number of aliphatic hydroxyl groups is 1. The largest absolute Gasteiger partial charge is 0.495 e. The fourth-order valence-corrected chi connectivity index (χ4v) is 10.1. The molecule has 0 radical (unpaired) electrons. The first kappa shape index (κ1) is 43.5. The lowest BCUT2D eigenvalue weighted by atomic mass is 9.88. The van der Waals surface area contributed by atoms with Crippen LogP contribution in [-0.2, 0) is 9.59 Å². The Bertz CT molecular complexity index is 2120. The molecular formula is C45H58F3N9O5. The molecule has 8 rings (SSSR count). The number of fused-ring (bicyclic) bond motifs is 1. The maximum absolute atomic E-state index is 15.3. The number of aromatic nitrogens is 2.